The van der Waals surface area contributed by atoms with Crippen LogP contribution in [0.1, 0.15) is 31.9 Å². The number of guanidine groups is 1. The molecule has 0 saturated heterocycles. The molecule has 0 bridgehead atoms. The first-order valence-electron chi connectivity index (χ1n) is 6.79. The minimum atomic E-state index is 0. The van der Waals surface area contributed by atoms with Gasteiger partial charge in [-0.2, -0.15) is 0 Å². The van der Waals surface area contributed by atoms with Gasteiger partial charge in [-0.15, -0.1) is 24.0 Å². The van der Waals surface area contributed by atoms with Crippen LogP contribution in [0.3, 0.4) is 0 Å². The van der Waals surface area contributed by atoms with E-state index in [2.05, 4.69) is 30.2 Å². The van der Waals surface area contributed by atoms with Gasteiger partial charge < -0.3 is 15.8 Å². The number of halogens is 1. The van der Waals surface area contributed by atoms with Gasteiger partial charge in [-0.1, -0.05) is 26.0 Å². The molecule has 1 rings (SSSR count). The monoisotopic (exact) mass is 391 g/mol. The van der Waals surface area contributed by atoms with Crippen molar-refractivity contribution in [2.45, 2.75) is 34.2 Å². The van der Waals surface area contributed by atoms with Crippen molar-refractivity contribution >= 4 is 29.9 Å². The maximum atomic E-state index is 5.82. The first-order chi connectivity index (χ1) is 9.02. The highest BCUT2D eigenvalue weighted by molar-refractivity contribution is 14.0. The molecule has 0 atom stereocenters. The highest BCUT2D eigenvalue weighted by Gasteiger charge is 2.03. The van der Waals surface area contributed by atoms with Gasteiger partial charge in [0.2, 0.25) is 0 Å². The van der Waals surface area contributed by atoms with E-state index in [-0.39, 0.29) is 24.0 Å². The van der Waals surface area contributed by atoms with E-state index in [1.807, 2.05) is 26.0 Å². The molecule has 0 heterocycles. The van der Waals surface area contributed by atoms with Gasteiger partial charge >= 0.3 is 0 Å². The quantitative estimate of drug-likeness (QED) is 0.445. The van der Waals surface area contributed by atoms with E-state index >= 15 is 0 Å². The Morgan fingerprint density at radius 2 is 2.10 bits per heavy atom. The van der Waals surface area contributed by atoms with Crippen LogP contribution in [0.15, 0.2) is 23.2 Å². The first kappa shape index (κ1) is 19.0. The Morgan fingerprint density at radius 1 is 1.40 bits per heavy atom. The summed E-state index contributed by atoms with van der Waals surface area (Å²) in [4.78, 5) is 4.34. The van der Waals surface area contributed by atoms with E-state index in [1.54, 1.807) is 0 Å². The second kappa shape index (κ2) is 9.85. The maximum absolute atomic E-state index is 5.82. The molecule has 0 aromatic heterocycles. The van der Waals surface area contributed by atoms with Crippen molar-refractivity contribution in [1.29, 1.82) is 0 Å². The Labute approximate surface area is 139 Å². The zero-order chi connectivity index (χ0) is 14.3. The third-order valence-corrected chi connectivity index (χ3v) is 2.63. The molecule has 0 aliphatic carbocycles. The number of rotatable bonds is 6. The van der Waals surface area contributed by atoms with Crippen LogP contribution in [-0.2, 0) is 6.54 Å². The van der Waals surface area contributed by atoms with Gasteiger partial charge in [-0.25, -0.2) is 4.99 Å². The molecule has 3 N–H and O–H groups in total. The number of ether oxygens (including phenoxy) is 1. The number of aryl methyl sites for hydroxylation is 1. The van der Waals surface area contributed by atoms with E-state index in [0.29, 0.717) is 25.0 Å². The van der Waals surface area contributed by atoms with E-state index in [9.17, 15) is 0 Å². The molecule has 1 aromatic carbocycles. The van der Waals surface area contributed by atoms with Crippen molar-refractivity contribution < 1.29 is 4.74 Å². The predicted molar refractivity (Wildman–Crippen MR) is 95.9 cm³/mol. The van der Waals surface area contributed by atoms with Crippen molar-refractivity contribution in [2.75, 3.05) is 13.2 Å². The molecule has 1 aromatic rings. The van der Waals surface area contributed by atoms with E-state index in [1.165, 1.54) is 5.56 Å². The van der Waals surface area contributed by atoms with Crippen molar-refractivity contribution in [1.82, 2.24) is 5.32 Å². The number of nitrogens with one attached hydrogen (secondary N) is 1. The Bertz CT molecular complexity index is 433. The van der Waals surface area contributed by atoms with E-state index in [0.717, 1.165) is 17.9 Å². The lowest BCUT2D eigenvalue weighted by Crippen LogP contribution is -2.34. The summed E-state index contributed by atoms with van der Waals surface area (Å²) in [5, 5.41) is 3.10. The van der Waals surface area contributed by atoms with Crippen LogP contribution in [0.2, 0.25) is 0 Å². The van der Waals surface area contributed by atoms with Crippen LogP contribution in [0.4, 0.5) is 0 Å². The van der Waals surface area contributed by atoms with Gasteiger partial charge in [0.15, 0.2) is 5.96 Å². The van der Waals surface area contributed by atoms with Crippen molar-refractivity contribution in [3.63, 3.8) is 0 Å². The standard InChI is InChI=1S/C15H25N3O.HI/c1-5-19-14-8-12(4)6-7-13(14)10-18-15(16)17-9-11(2)3;/h6-8,11H,5,9-10H2,1-4H3,(H3,16,17,18);1H. The lowest BCUT2D eigenvalue weighted by molar-refractivity contribution is 0.336. The smallest absolute Gasteiger partial charge is 0.188 e. The average molecular weight is 391 g/mol. The van der Waals surface area contributed by atoms with Crippen molar-refractivity contribution in [2.24, 2.45) is 16.6 Å². The highest BCUT2D eigenvalue weighted by atomic mass is 127. The lowest BCUT2D eigenvalue weighted by atomic mass is 10.1. The fourth-order valence-corrected chi connectivity index (χ4v) is 1.62. The molecule has 20 heavy (non-hydrogen) atoms. The van der Waals surface area contributed by atoms with Gasteiger partial charge in [-0.05, 0) is 31.4 Å². The fourth-order valence-electron chi connectivity index (χ4n) is 1.62. The van der Waals surface area contributed by atoms with Gasteiger partial charge in [0.1, 0.15) is 5.75 Å². The molecule has 0 aliphatic heterocycles. The second-order valence-electron chi connectivity index (χ2n) is 5.02. The summed E-state index contributed by atoms with van der Waals surface area (Å²) < 4.78 is 5.62. The number of hydrogen-bond donors (Lipinski definition) is 2. The summed E-state index contributed by atoms with van der Waals surface area (Å²) in [5.41, 5.74) is 8.06. The Balaban J connectivity index is 0.00000361. The summed E-state index contributed by atoms with van der Waals surface area (Å²) in [5.74, 6) is 1.92. The second-order valence-corrected chi connectivity index (χ2v) is 5.02. The Kier molecular flexibility index (Phi) is 9.37. The average Bonchev–Trinajstić information content (AvgIpc) is 2.35. The summed E-state index contributed by atoms with van der Waals surface area (Å²) >= 11 is 0. The molecule has 0 spiro atoms. The van der Waals surface area contributed by atoms with Crippen LogP contribution in [0, 0.1) is 12.8 Å². The number of nitrogens with zero attached hydrogens (tertiary/aromatic N) is 1. The molecule has 114 valence electrons. The molecule has 5 heteroatoms. The molecule has 0 radical (unpaired) electrons. The third kappa shape index (κ3) is 6.98. The summed E-state index contributed by atoms with van der Waals surface area (Å²) in [7, 11) is 0. The predicted octanol–water partition coefficient (Wildman–Crippen LogP) is 3.07. The molecule has 0 amide bonds. The van der Waals surface area contributed by atoms with Crippen LogP contribution in [-0.4, -0.2) is 19.1 Å². The molecular formula is C15H26IN3O. The Hall–Kier alpha value is -0.980. The zero-order valence-electron chi connectivity index (χ0n) is 12.8. The first-order valence-corrected chi connectivity index (χ1v) is 6.79. The third-order valence-electron chi connectivity index (χ3n) is 2.63. The van der Waals surface area contributed by atoms with Crippen LogP contribution < -0.4 is 15.8 Å². The molecule has 0 unspecified atom stereocenters. The summed E-state index contributed by atoms with van der Waals surface area (Å²) in [6, 6.07) is 6.14. The number of hydrogen-bond acceptors (Lipinski definition) is 2. The van der Waals surface area contributed by atoms with Gasteiger partial charge in [0, 0.05) is 12.1 Å². The molecule has 0 saturated carbocycles. The van der Waals surface area contributed by atoms with Crippen LogP contribution >= 0.6 is 24.0 Å². The van der Waals surface area contributed by atoms with E-state index < -0.39 is 0 Å². The van der Waals surface area contributed by atoms with Crippen molar-refractivity contribution in [3.05, 3.63) is 29.3 Å². The normalized spacial score (nSPS) is 11.2. The maximum Gasteiger partial charge on any atom is 0.188 e. The van der Waals surface area contributed by atoms with Gasteiger partial charge in [0.25, 0.3) is 0 Å². The van der Waals surface area contributed by atoms with Gasteiger partial charge in [-0.3, -0.25) is 0 Å². The van der Waals surface area contributed by atoms with E-state index in [4.69, 9.17) is 10.5 Å². The minimum Gasteiger partial charge on any atom is -0.494 e. The molecule has 4 nitrogen and oxygen atoms in total. The summed E-state index contributed by atoms with van der Waals surface area (Å²) in [6.07, 6.45) is 0. The number of benzene rings is 1. The van der Waals surface area contributed by atoms with Crippen LogP contribution in [0.25, 0.3) is 0 Å². The molecule has 0 fully saturated rings. The molecule has 0 aliphatic rings. The highest BCUT2D eigenvalue weighted by Crippen LogP contribution is 2.21. The topological polar surface area (TPSA) is 59.6 Å². The SMILES string of the molecule is CCOc1cc(C)ccc1CN=C(N)NCC(C)C.I. The minimum absolute atomic E-state index is 0. The fraction of sp³-hybridized carbons (Fsp3) is 0.533. The lowest BCUT2D eigenvalue weighted by Gasteiger charge is -2.11. The summed E-state index contributed by atoms with van der Waals surface area (Å²) in [6.45, 7) is 10.3. The number of aliphatic imine (C=N–C) groups is 1. The van der Waals surface area contributed by atoms with Gasteiger partial charge in [0.05, 0.1) is 13.2 Å². The number of nitrogens with two attached hydrogens (primary N) is 1. The van der Waals surface area contributed by atoms with Crippen molar-refractivity contribution in [3.8, 4) is 5.75 Å². The zero-order valence-corrected chi connectivity index (χ0v) is 15.1. The van der Waals surface area contributed by atoms with Crippen LogP contribution in [0.5, 0.6) is 5.75 Å². The Morgan fingerprint density at radius 3 is 2.70 bits per heavy atom. The molecular weight excluding hydrogens is 365 g/mol. The largest absolute Gasteiger partial charge is 0.494 e.